The molecule has 7 nitrogen and oxygen atoms in total. The van der Waals surface area contributed by atoms with Crippen molar-refractivity contribution in [2.75, 3.05) is 6.61 Å². The minimum atomic E-state index is -1.42. The smallest absolute Gasteiger partial charge is 0.377 e. The Morgan fingerprint density at radius 1 is 0.933 bits per heavy atom. The quantitative estimate of drug-likeness (QED) is 0.158. The summed E-state index contributed by atoms with van der Waals surface area (Å²) in [6, 6.07) is 0. The van der Waals surface area contributed by atoms with Gasteiger partial charge in [0.15, 0.2) is 11.9 Å². The zero-order chi connectivity index (χ0) is 21.5. The third-order valence-corrected chi connectivity index (χ3v) is 5.19. The number of hydrogen-bond acceptors (Lipinski definition) is 7. The van der Waals surface area contributed by atoms with Crippen LogP contribution in [0.5, 0.6) is 0 Å². The van der Waals surface area contributed by atoms with Crippen LogP contribution in [0.25, 0.3) is 0 Å². The van der Waals surface area contributed by atoms with Crippen molar-refractivity contribution >= 4 is 11.9 Å². The first-order valence-electron chi connectivity index (χ1n) is 11.1. The number of unbranched alkanes of at least 4 members (excludes halogenated alkanes) is 12. The molecule has 0 unspecified atom stereocenters. The van der Waals surface area contributed by atoms with Crippen LogP contribution >= 0.6 is 0 Å². The van der Waals surface area contributed by atoms with Crippen molar-refractivity contribution in [3.63, 3.8) is 0 Å². The molecule has 0 aromatic rings. The van der Waals surface area contributed by atoms with E-state index in [0.717, 1.165) is 19.3 Å². The molecule has 0 saturated carbocycles. The Kier molecular flexibility index (Phi) is 16.9. The number of ether oxygens (including phenoxy) is 2. The molecule has 0 fully saturated rings. The Morgan fingerprint density at radius 2 is 1.40 bits per heavy atom. The molecule has 0 amide bonds. The molecule has 170 valence electrons. The van der Waals surface area contributed by atoms with Crippen LogP contribution in [0.3, 0.4) is 0 Å². The van der Waals surface area contributed by atoms with Gasteiger partial charge < -0.3 is 24.8 Å². The van der Waals surface area contributed by atoms with E-state index < -0.39 is 42.3 Å². The molecular weight excluding hydrogens is 442 g/mol. The monoisotopic (exact) mass is 478 g/mol. The van der Waals surface area contributed by atoms with Gasteiger partial charge in [0.05, 0.1) is 0 Å². The predicted octanol–water partition coefficient (Wildman–Crippen LogP) is 4.62. The zero-order valence-corrected chi connectivity index (χ0v) is 21.4. The second-order valence-electron chi connectivity index (χ2n) is 7.80. The number of esters is 2. The first-order valence-corrected chi connectivity index (χ1v) is 11.1. The molecule has 1 aliphatic rings. The van der Waals surface area contributed by atoms with Gasteiger partial charge in [-0.1, -0.05) is 84.0 Å². The van der Waals surface area contributed by atoms with Crippen molar-refractivity contribution in [2.45, 2.75) is 109 Å². The molecule has 1 heterocycles. The molecule has 30 heavy (non-hydrogen) atoms. The summed E-state index contributed by atoms with van der Waals surface area (Å²) in [5.41, 5.74) is 0. The molecule has 0 radical (unpaired) electrons. The summed E-state index contributed by atoms with van der Waals surface area (Å²) in [5.74, 6) is -3.21. The minimum Gasteiger partial charge on any atom is -0.505 e. The average Bonchev–Trinajstić information content (AvgIpc) is 2.97. The van der Waals surface area contributed by atoms with Crippen LogP contribution in [0.1, 0.15) is 96.8 Å². The van der Waals surface area contributed by atoms with Crippen molar-refractivity contribution in [3.8, 4) is 0 Å². The molecule has 2 atom stereocenters. The first-order chi connectivity index (χ1) is 14.0. The van der Waals surface area contributed by atoms with E-state index in [2.05, 4.69) is 11.7 Å². The van der Waals surface area contributed by atoms with Gasteiger partial charge in [0.1, 0.15) is 12.7 Å². The Hall–Kier alpha value is -1.14. The molecule has 0 aromatic carbocycles. The third kappa shape index (κ3) is 11.9. The number of carbonyl (C=O) groups is 2. The van der Waals surface area contributed by atoms with Crippen LogP contribution in [0.15, 0.2) is 11.5 Å². The van der Waals surface area contributed by atoms with Crippen molar-refractivity contribution in [3.05, 3.63) is 11.5 Å². The minimum absolute atomic E-state index is 0. The van der Waals surface area contributed by atoms with E-state index in [1.54, 1.807) is 0 Å². The second-order valence-corrected chi connectivity index (χ2v) is 7.80. The molecule has 1 aliphatic heterocycles. The SMILES string of the molecule is CCCCCCCCCCCCCCCC(=O)OC[C@H](O)[C@H]1OC(=O)C(O)=C1O.[Zn]. The standard InChI is InChI=1S/C22H38O7.Zn/c1-2-3-4-5-6-7-8-9-10-11-12-13-14-15-18(24)28-16-17(23)21-19(25)20(26)22(27)29-21;/h17,21,23,25-26H,2-16H2,1H3;/t17-,21+;/m0./s1. The molecule has 0 aromatic heterocycles. The summed E-state index contributed by atoms with van der Waals surface area (Å²) in [5, 5.41) is 28.5. The van der Waals surface area contributed by atoms with E-state index in [0.29, 0.717) is 0 Å². The summed E-state index contributed by atoms with van der Waals surface area (Å²) >= 11 is 0. The van der Waals surface area contributed by atoms with Gasteiger partial charge in [0.2, 0.25) is 5.76 Å². The normalized spacial score (nSPS) is 16.9. The van der Waals surface area contributed by atoms with Crippen LogP contribution in [0.4, 0.5) is 0 Å². The van der Waals surface area contributed by atoms with Gasteiger partial charge in [-0.15, -0.1) is 0 Å². The second kappa shape index (κ2) is 17.5. The predicted molar refractivity (Wildman–Crippen MR) is 109 cm³/mol. The molecule has 3 N–H and O–H groups in total. The molecular formula is C22H38O7Zn. The Morgan fingerprint density at radius 3 is 1.83 bits per heavy atom. The van der Waals surface area contributed by atoms with Gasteiger partial charge in [-0.2, -0.15) is 0 Å². The third-order valence-electron chi connectivity index (χ3n) is 5.19. The summed E-state index contributed by atoms with van der Waals surface area (Å²) in [4.78, 5) is 22.8. The number of carbonyl (C=O) groups excluding carboxylic acids is 2. The zero-order valence-electron chi connectivity index (χ0n) is 18.4. The van der Waals surface area contributed by atoms with Gasteiger partial charge in [0, 0.05) is 25.9 Å². The maximum atomic E-state index is 11.7. The number of hydrogen-bond donors (Lipinski definition) is 3. The topological polar surface area (TPSA) is 113 Å². The van der Waals surface area contributed by atoms with E-state index >= 15 is 0 Å². The van der Waals surface area contributed by atoms with E-state index in [9.17, 15) is 24.9 Å². The Bertz CT molecular complexity index is 522. The fourth-order valence-electron chi connectivity index (χ4n) is 3.35. The fourth-order valence-corrected chi connectivity index (χ4v) is 3.35. The van der Waals surface area contributed by atoms with Crippen LogP contribution < -0.4 is 0 Å². The van der Waals surface area contributed by atoms with E-state index in [1.165, 1.54) is 64.2 Å². The van der Waals surface area contributed by atoms with Crippen LogP contribution in [-0.2, 0) is 38.5 Å². The Labute approximate surface area is 193 Å². The first kappa shape index (κ1) is 28.9. The molecule has 0 bridgehead atoms. The van der Waals surface area contributed by atoms with E-state index in [1.807, 2.05) is 0 Å². The fraction of sp³-hybridized carbons (Fsp3) is 0.818. The molecule has 0 aliphatic carbocycles. The molecule has 1 rings (SSSR count). The number of rotatable bonds is 17. The van der Waals surface area contributed by atoms with Gasteiger partial charge in [-0.3, -0.25) is 4.79 Å². The molecule has 0 spiro atoms. The summed E-state index contributed by atoms with van der Waals surface area (Å²) in [6.45, 7) is 1.83. The summed E-state index contributed by atoms with van der Waals surface area (Å²) < 4.78 is 9.55. The van der Waals surface area contributed by atoms with Crippen molar-refractivity contribution < 1.29 is 53.9 Å². The summed E-state index contributed by atoms with van der Waals surface area (Å²) in [6.07, 6.45) is 13.4. The van der Waals surface area contributed by atoms with Crippen molar-refractivity contribution in [1.29, 1.82) is 0 Å². The number of aliphatic hydroxyl groups excluding tert-OH is 3. The Balaban J connectivity index is 0.00000841. The van der Waals surface area contributed by atoms with Crippen molar-refractivity contribution in [1.82, 2.24) is 0 Å². The van der Waals surface area contributed by atoms with E-state index in [-0.39, 0.29) is 25.9 Å². The largest absolute Gasteiger partial charge is 0.505 e. The molecule has 0 saturated heterocycles. The molecule has 8 heteroatoms. The van der Waals surface area contributed by atoms with E-state index in [4.69, 9.17) is 4.74 Å². The number of cyclic esters (lactones) is 1. The van der Waals surface area contributed by atoms with Crippen LogP contribution in [0, 0.1) is 0 Å². The maximum Gasteiger partial charge on any atom is 0.377 e. The van der Waals surface area contributed by atoms with Crippen LogP contribution in [0.2, 0.25) is 0 Å². The average molecular weight is 480 g/mol. The van der Waals surface area contributed by atoms with Gasteiger partial charge in [-0.05, 0) is 6.42 Å². The van der Waals surface area contributed by atoms with Gasteiger partial charge >= 0.3 is 11.9 Å². The van der Waals surface area contributed by atoms with Crippen LogP contribution in [-0.4, -0.2) is 46.1 Å². The van der Waals surface area contributed by atoms with Gasteiger partial charge in [0.25, 0.3) is 0 Å². The maximum absolute atomic E-state index is 11.7. The number of aliphatic hydroxyl groups is 3. The van der Waals surface area contributed by atoms with Gasteiger partial charge in [-0.25, -0.2) is 4.79 Å². The summed E-state index contributed by atoms with van der Waals surface area (Å²) in [7, 11) is 0. The van der Waals surface area contributed by atoms with Crippen molar-refractivity contribution in [2.24, 2.45) is 0 Å².